The average molecular weight is 527 g/mol. The number of nitrogens with zero attached hydrogens (tertiary/aromatic N) is 3. The molecule has 0 atom stereocenters. The SMILES string of the molecule is CCC=COc1cc(N2CCN(C(=O)NCc3cccc(OC(C)(F)F)c3)CC2)ccc1-c1cnc(C)o1. The molecule has 1 aromatic heterocycles. The van der Waals surface area contributed by atoms with Crippen LogP contribution in [0.2, 0.25) is 0 Å². The van der Waals surface area contributed by atoms with E-state index in [1.165, 1.54) is 12.1 Å². The average Bonchev–Trinajstić information content (AvgIpc) is 3.32. The van der Waals surface area contributed by atoms with Crippen LogP contribution in [0.5, 0.6) is 11.5 Å². The topological polar surface area (TPSA) is 80.1 Å². The van der Waals surface area contributed by atoms with Crippen molar-refractivity contribution >= 4 is 11.7 Å². The van der Waals surface area contributed by atoms with Gasteiger partial charge in [0.15, 0.2) is 11.7 Å². The number of amides is 2. The Labute approximate surface area is 220 Å². The molecule has 2 amide bonds. The molecule has 8 nitrogen and oxygen atoms in total. The summed E-state index contributed by atoms with van der Waals surface area (Å²) in [7, 11) is 0. The highest BCUT2D eigenvalue weighted by Crippen LogP contribution is 2.35. The van der Waals surface area contributed by atoms with E-state index in [1.54, 1.807) is 36.4 Å². The summed E-state index contributed by atoms with van der Waals surface area (Å²) in [5.74, 6) is 1.93. The first-order valence-corrected chi connectivity index (χ1v) is 12.5. The van der Waals surface area contributed by atoms with E-state index in [9.17, 15) is 13.6 Å². The van der Waals surface area contributed by atoms with Gasteiger partial charge in [0.25, 0.3) is 0 Å². The molecule has 0 radical (unpaired) electrons. The van der Waals surface area contributed by atoms with Crippen LogP contribution in [-0.2, 0) is 6.54 Å². The van der Waals surface area contributed by atoms with E-state index in [4.69, 9.17) is 9.15 Å². The van der Waals surface area contributed by atoms with Gasteiger partial charge in [-0.15, -0.1) is 0 Å². The van der Waals surface area contributed by atoms with E-state index in [2.05, 4.69) is 19.9 Å². The van der Waals surface area contributed by atoms with Crippen LogP contribution in [0.4, 0.5) is 19.3 Å². The van der Waals surface area contributed by atoms with Gasteiger partial charge in [-0.3, -0.25) is 0 Å². The molecule has 1 saturated heterocycles. The van der Waals surface area contributed by atoms with Gasteiger partial charge >= 0.3 is 12.1 Å². The lowest BCUT2D eigenvalue weighted by Gasteiger charge is -2.36. The number of alkyl halides is 2. The Morgan fingerprint density at radius 2 is 1.97 bits per heavy atom. The van der Waals surface area contributed by atoms with Gasteiger partial charge < -0.3 is 29.0 Å². The van der Waals surface area contributed by atoms with Crippen LogP contribution in [0.25, 0.3) is 11.3 Å². The van der Waals surface area contributed by atoms with Gasteiger partial charge in [0.2, 0.25) is 0 Å². The molecular formula is C28H32F2N4O4. The molecule has 4 rings (SSSR count). The second-order valence-electron chi connectivity index (χ2n) is 9.01. The number of nitrogens with one attached hydrogen (secondary N) is 1. The zero-order chi connectivity index (χ0) is 27.1. The molecular weight excluding hydrogens is 494 g/mol. The molecule has 1 N–H and O–H groups in total. The van der Waals surface area contributed by atoms with E-state index in [0.717, 1.165) is 17.7 Å². The Hall–Kier alpha value is -4.08. The van der Waals surface area contributed by atoms with Crippen LogP contribution in [0, 0.1) is 6.92 Å². The number of benzene rings is 2. The summed E-state index contributed by atoms with van der Waals surface area (Å²) in [6.07, 6.45) is 2.87. The quantitative estimate of drug-likeness (QED) is 0.346. The van der Waals surface area contributed by atoms with Crippen molar-refractivity contribution in [2.75, 3.05) is 31.1 Å². The number of anilines is 1. The molecule has 0 aliphatic carbocycles. The molecule has 1 aliphatic rings. The van der Waals surface area contributed by atoms with Crippen LogP contribution in [0.15, 0.2) is 65.4 Å². The highest BCUT2D eigenvalue weighted by molar-refractivity contribution is 5.75. The number of oxazole rings is 1. The number of aromatic nitrogens is 1. The number of rotatable bonds is 9. The van der Waals surface area contributed by atoms with Crippen molar-refractivity contribution in [2.45, 2.75) is 39.8 Å². The molecule has 10 heteroatoms. The second-order valence-corrected chi connectivity index (χ2v) is 9.01. The number of ether oxygens (including phenoxy) is 2. The van der Waals surface area contributed by atoms with Crippen molar-refractivity contribution in [3.8, 4) is 22.8 Å². The third-order valence-corrected chi connectivity index (χ3v) is 5.95. The Morgan fingerprint density at radius 3 is 2.66 bits per heavy atom. The zero-order valence-corrected chi connectivity index (χ0v) is 21.7. The van der Waals surface area contributed by atoms with Gasteiger partial charge in [-0.05, 0) is 42.3 Å². The molecule has 0 saturated carbocycles. The summed E-state index contributed by atoms with van der Waals surface area (Å²) >= 11 is 0. The predicted molar refractivity (Wildman–Crippen MR) is 140 cm³/mol. The van der Waals surface area contributed by atoms with Crippen molar-refractivity contribution in [1.29, 1.82) is 0 Å². The fourth-order valence-corrected chi connectivity index (χ4v) is 4.10. The minimum Gasteiger partial charge on any atom is -0.464 e. The fourth-order valence-electron chi connectivity index (χ4n) is 4.10. The molecule has 38 heavy (non-hydrogen) atoms. The molecule has 2 heterocycles. The monoisotopic (exact) mass is 526 g/mol. The number of allylic oxidation sites excluding steroid dienone is 1. The largest absolute Gasteiger partial charge is 0.464 e. The molecule has 1 aliphatic heterocycles. The molecule has 1 fully saturated rings. The maximum Gasteiger partial charge on any atom is 0.394 e. The Balaban J connectivity index is 1.35. The number of urea groups is 1. The predicted octanol–water partition coefficient (Wildman–Crippen LogP) is 5.98. The van der Waals surface area contributed by atoms with Gasteiger partial charge in [-0.25, -0.2) is 9.78 Å². The number of halogens is 2. The van der Waals surface area contributed by atoms with Crippen LogP contribution >= 0.6 is 0 Å². The van der Waals surface area contributed by atoms with Crippen molar-refractivity contribution in [3.63, 3.8) is 0 Å². The van der Waals surface area contributed by atoms with Gasteiger partial charge in [0, 0.05) is 58.3 Å². The first-order valence-electron chi connectivity index (χ1n) is 12.5. The third kappa shape index (κ3) is 7.24. The molecule has 0 spiro atoms. The molecule has 202 valence electrons. The molecule has 2 aromatic carbocycles. The van der Waals surface area contributed by atoms with Crippen LogP contribution in [0.1, 0.15) is 31.7 Å². The lowest BCUT2D eigenvalue weighted by molar-refractivity contribution is -0.158. The minimum atomic E-state index is -3.27. The third-order valence-electron chi connectivity index (χ3n) is 5.95. The number of carbonyl (C=O) groups excluding carboxylic acids is 1. The zero-order valence-electron chi connectivity index (χ0n) is 21.7. The summed E-state index contributed by atoms with van der Waals surface area (Å²) < 4.78 is 42.5. The Kier molecular flexibility index (Phi) is 8.50. The first-order chi connectivity index (χ1) is 18.2. The Bertz CT molecular complexity index is 1260. The maximum absolute atomic E-state index is 13.1. The lowest BCUT2D eigenvalue weighted by Crippen LogP contribution is -2.51. The van der Waals surface area contributed by atoms with E-state index < -0.39 is 6.11 Å². The number of aryl methyl sites for hydroxylation is 1. The maximum atomic E-state index is 13.1. The van der Waals surface area contributed by atoms with E-state index in [1.807, 2.05) is 31.2 Å². The number of hydrogen-bond acceptors (Lipinski definition) is 6. The van der Waals surface area contributed by atoms with Crippen molar-refractivity contribution in [3.05, 3.63) is 72.5 Å². The fraction of sp³-hybridized carbons (Fsp3) is 0.357. The lowest BCUT2D eigenvalue weighted by atomic mass is 10.1. The van der Waals surface area contributed by atoms with Crippen molar-refractivity contribution in [2.24, 2.45) is 0 Å². The number of carbonyl (C=O) groups is 1. The van der Waals surface area contributed by atoms with E-state index >= 15 is 0 Å². The van der Waals surface area contributed by atoms with Gasteiger partial charge in [-0.1, -0.05) is 19.1 Å². The van der Waals surface area contributed by atoms with Crippen LogP contribution < -0.4 is 19.7 Å². The minimum absolute atomic E-state index is 0.0517. The molecule has 0 unspecified atom stereocenters. The summed E-state index contributed by atoms with van der Waals surface area (Å²) in [4.78, 5) is 20.9. The smallest absolute Gasteiger partial charge is 0.394 e. The highest BCUT2D eigenvalue weighted by atomic mass is 19.3. The van der Waals surface area contributed by atoms with Gasteiger partial charge in [0.05, 0.1) is 18.0 Å². The first kappa shape index (κ1) is 27.0. The summed E-state index contributed by atoms with van der Waals surface area (Å²) in [5, 5.41) is 2.86. The number of hydrogen-bond donors (Lipinski definition) is 1. The normalized spacial score (nSPS) is 14.1. The molecule has 3 aromatic rings. The van der Waals surface area contributed by atoms with E-state index in [0.29, 0.717) is 56.1 Å². The van der Waals surface area contributed by atoms with Crippen molar-refractivity contribution in [1.82, 2.24) is 15.2 Å². The summed E-state index contributed by atoms with van der Waals surface area (Å²) in [5.41, 5.74) is 2.46. The van der Waals surface area contributed by atoms with Crippen molar-refractivity contribution < 1.29 is 27.5 Å². The second kappa shape index (κ2) is 12.0. The Morgan fingerprint density at radius 1 is 1.18 bits per heavy atom. The standard InChI is InChI=1S/C28H32F2N4O4/c1-4-5-15-36-25-17-22(9-10-24(25)26-19-31-20(2)37-26)33-11-13-34(14-12-33)27(35)32-18-21-7-6-8-23(16-21)38-28(3,29)30/h5-10,15-17,19H,4,11-14,18H2,1-3H3,(H,32,35). The summed E-state index contributed by atoms with van der Waals surface area (Å²) in [6, 6.07) is 12.0. The van der Waals surface area contributed by atoms with Gasteiger partial charge in [-0.2, -0.15) is 8.78 Å². The van der Waals surface area contributed by atoms with E-state index in [-0.39, 0.29) is 18.3 Å². The van der Waals surface area contributed by atoms with Gasteiger partial charge in [0.1, 0.15) is 11.5 Å². The highest BCUT2D eigenvalue weighted by Gasteiger charge is 2.24. The molecule has 0 bridgehead atoms. The summed E-state index contributed by atoms with van der Waals surface area (Å²) in [6.45, 7) is 7.08. The number of piperazine rings is 1. The van der Waals surface area contributed by atoms with Crippen LogP contribution in [0.3, 0.4) is 0 Å². The van der Waals surface area contributed by atoms with Crippen LogP contribution in [-0.4, -0.2) is 48.2 Å².